The van der Waals surface area contributed by atoms with Crippen molar-refractivity contribution in [2.24, 2.45) is 5.92 Å². The molecule has 146 valence electrons. The first-order valence-electron chi connectivity index (χ1n) is 10.2. The van der Waals surface area contributed by atoms with Gasteiger partial charge in [-0.2, -0.15) is 0 Å². The van der Waals surface area contributed by atoms with Crippen LogP contribution in [0.2, 0.25) is 0 Å². The average Bonchev–Trinajstić information content (AvgIpc) is 3.37. The summed E-state index contributed by atoms with van der Waals surface area (Å²) in [6.07, 6.45) is 1.77. The van der Waals surface area contributed by atoms with Gasteiger partial charge in [-0.25, -0.2) is 4.39 Å². The van der Waals surface area contributed by atoms with Crippen LogP contribution in [0.15, 0.2) is 42.5 Å². The zero-order valence-corrected chi connectivity index (χ0v) is 15.9. The van der Waals surface area contributed by atoms with E-state index < -0.39 is 0 Å². The van der Waals surface area contributed by atoms with E-state index in [1.807, 2.05) is 17.0 Å². The Kier molecular flexibility index (Phi) is 4.55. The van der Waals surface area contributed by atoms with Gasteiger partial charge in [-0.1, -0.05) is 30.3 Å². The highest BCUT2D eigenvalue weighted by molar-refractivity contribution is 5.83. The average molecular weight is 380 g/mol. The lowest BCUT2D eigenvalue weighted by molar-refractivity contribution is -0.134. The van der Waals surface area contributed by atoms with Gasteiger partial charge in [0.1, 0.15) is 11.6 Å². The third-order valence-corrected chi connectivity index (χ3v) is 6.26. The van der Waals surface area contributed by atoms with E-state index in [0.29, 0.717) is 5.56 Å². The first-order valence-corrected chi connectivity index (χ1v) is 10.2. The first kappa shape index (κ1) is 17.7. The van der Waals surface area contributed by atoms with Crippen LogP contribution in [0, 0.1) is 11.7 Å². The Hall–Kier alpha value is -2.40. The van der Waals surface area contributed by atoms with Crippen LogP contribution in [0.1, 0.15) is 29.0 Å². The quantitative estimate of drug-likeness (QED) is 0.817. The maximum Gasteiger partial charge on any atom is 0.226 e. The van der Waals surface area contributed by atoms with Crippen molar-refractivity contribution in [1.82, 2.24) is 9.80 Å². The fraction of sp³-hybridized carbons (Fsp3) is 0.435. The van der Waals surface area contributed by atoms with Crippen molar-refractivity contribution in [2.45, 2.75) is 25.3 Å². The van der Waals surface area contributed by atoms with E-state index in [4.69, 9.17) is 4.74 Å². The Balaban J connectivity index is 1.14. The van der Waals surface area contributed by atoms with Crippen molar-refractivity contribution in [3.63, 3.8) is 0 Å². The lowest BCUT2D eigenvalue weighted by Gasteiger charge is -2.35. The molecular formula is C23H25FN2O2. The molecule has 1 saturated heterocycles. The van der Waals surface area contributed by atoms with Crippen molar-refractivity contribution >= 4 is 5.91 Å². The van der Waals surface area contributed by atoms with Crippen LogP contribution >= 0.6 is 0 Å². The highest BCUT2D eigenvalue weighted by atomic mass is 19.1. The predicted octanol–water partition coefficient (Wildman–Crippen LogP) is 3.21. The summed E-state index contributed by atoms with van der Waals surface area (Å²) in [5.74, 6) is 1.04. The van der Waals surface area contributed by atoms with E-state index in [-0.39, 0.29) is 23.6 Å². The SMILES string of the molecule is O=C(C1CC1c1ccccc1F)N1CCN(Cc2ccc3c(c2)CCO3)CC1. The molecule has 2 fully saturated rings. The van der Waals surface area contributed by atoms with Gasteiger partial charge in [-0.15, -0.1) is 0 Å². The summed E-state index contributed by atoms with van der Waals surface area (Å²) in [4.78, 5) is 17.2. The molecule has 0 bridgehead atoms. The second kappa shape index (κ2) is 7.21. The molecule has 1 amide bonds. The number of halogens is 1. The summed E-state index contributed by atoms with van der Waals surface area (Å²) in [7, 11) is 0. The van der Waals surface area contributed by atoms with Gasteiger partial charge >= 0.3 is 0 Å². The summed E-state index contributed by atoms with van der Waals surface area (Å²) < 4.78 is 19.5. The van der Waals surface area contributed by atoms with Crippen molar-refractivity contribution in [2.75, 3.05) is 32.8 Å². The summed E-state index contributed by atoms with van der Waals surface area (Å²) in [6.45, 7) is 4.98. The van der Waals surface area contributed by atoms with Crippen molar-refractivity contribution in [3.8, 4) is 5.75 Å². The molecule has 28 heavy (non-hydrogen) atoms. The van der Waals surface area contributed by atoms with Crippen LogP contribution in [0.5, 0.6) is 5.75 Å². The molecule has 2 atom stereocenters. The Morgan fingerprint density at radius 2 is 1.93 bits per heavy atom. The Bertz CT molecular complexity index is 892. The number of hydrogen-bond donors (Lipinski definition) is 0. The van der Waals surface area contributed by atoms with Crippen molar-refractivity contribution < 1.29 is 13.9 Å². The lowest BCUT2D eigenvalue weighted by Crippen LogP contribution is -2.48. The number of rotatable bonds is 4. The van der Waals surface area contributed by atoms with Crippen molar-refractivity contribution in [3.05, 3.63) is 65.0 Å². The second-order valence-corrected chi connectivity index (χ2v) is 8.11. The van der Waals surface area contributed by atoms with Gasteiger partial charge in [-0.3, -0.25) is 9.69 Å². The predicted molar refractivity (Wildman–Crippen MR) is 105 cm³/mol. The van der Waals surface area contributed by atoms with E-state index >= 15 is 0 Å². The molecular weight excluding hydrogens is 355 g/mol. The number of hydrogen-bond acceptors (Lipinski definition) is 3. The molecule has 1 aliphatic carbocycles. The number of fused-ring (bicyclic) bond motifs is 1. The molecule has 0 radical (unpaired) electrons. The number of nitrogens with zero attached hydrogens (tertiary/aromatic N) is 2. The van der Waals surface area contributed by atoms with Crippen LogP contribution in [-0.2, 0) is 17.8 Å². The minimum absolute atomic E-state index is 0.0415. The fourth-order valence-electron chi connectivity index (χ4n) is 4.54. The topological polar surface area (TPSA) is 32.8 Å². The van der Waals surface area contributed by atoms with Crippen LogP contribution in [0.3, 0.4) is 0 Å². The molecule has 5 heteroatoms. The largest absolute Gasteiger partial charge is 0.493 e. The summed E-state index contributed by atoms with van der Waals surface area (Å²) in [5.41, 5.74) is 3.31. The van der Waals surface area contributed by atoms with E-state index in [1.54, 1.807) is 6.07 Å². The molecule has 2 aromatic carbocycles. The number of piperazine rings is 1. The van der Waals surface area contributed by atoms with Crippen molar-refractivity contribution in [1.29, 1.82) is 0 Å². The number of amides is 1. The Labute approximate surface area is 164 Å². The molecule has 0 N–H and O–H groups in total. The van der Waals surface area contributed by atoms with E-state index in [9.17, 15) is 9.18 Å². The minimum Gasteiger partial charge on any atom is -0.493 e. The van der Waals surface area contributed by atoms with Crippen LogP contribution in [-0.4, -0.2) is 48.5 Å². The van der Waals surface area contributed by atoms with Gasteiger partial charge in [0.2, 0.25) is 5.91 Å². The molecule has 2 aromatic rings. The highest BCUT2D eigenvalue weighted by Crippen LogP contribution is 2.49. The molecule has 0 aromatic heterocycles. The Morgan fingerprint density at radius 3 is 2.75 bits per heavy atom. The maximum atomic E-state index is 14.0. The number of benzene rings is 2. The molecule has 2 aliphatic heterocycles. The van der Waals surface area contributed by atoms with Gasteiger partial charge < -0.3 is 9.64 Å². The van der Waals surface area contributed by atoms with E-state index in [1.165, 1.54) is 17.2 Å². The molecule has 4 nitrogen and oxygen atoms in total. The number of carbonyl (C=O) groups is 1. The Morgan fingerprint density at radius 1 is 1.11 bits per heavy atom. The molecule has 2 unspecified atom stereocenters. The van der Waals surface area contributed by atoms with Crippen LogP contribution in [0.25, 0.3) is 0 Å². The zero-order chi connectivity index (χ0) is 19.1. The third-order valence-electron chi connectivity index (χ3n) is 6.26. The molecule has 2 heterocycles. The minimum atomic E-state index is -0.188. The molecule has 3 aliphatic rings. The third kappa shape index (κ3) is 3.39. The van der Waals surface area contributed by atoms with Gasteiger partial charge in [0.15, 0.2) is 0 Å². The normalized spacial score (nSPS) is 24.0. The monoisotopic (exact) mass is 380 g/mol. The van der Waals surface area contributed by atoms with Crippen LogP contribution < -0.4 is 4.74 Å². The highest BCUT2D eigenvalue weighted by Gasteiger charge is 2.47. The lowest BCUT2D eigenvalue weighted by atomic mass is 10.1. The smallest absolute Gasteiger partial charge is 0.226 e. The molecule has 5 rings (SSSR count). The van der Waals surface area contributed by atoms with Gasteiger partial charge in [0, 0.05) is 45.1 Å². The second-order valence-electron chi connectivity index (χ2n) is 8.11. The first-order chi connectivity index (χ1) is 13.7. The maximum absolute atomic E-state index is 14.0. The summed E-state index contributed by atoms with van der Waals surface area (Å²) >= 11 is 0. The fourth-order valence-corrected chi connectivity index (χ4v) is 4.54. The summed E-state index contributed by atoms with van der Waals surface area (Å²) in [5, 5.41) is 0. The number of ether oxygens (including phenoxy) is 1. The molecule has 1 saturated carbocycles. The number of carbonyl (C=O) groups excluding carboxylic acids is 1. The standard InChI is InChI=1S/C23H25FN2O2/c24-21-4-2-1-3-18(21)19-14-20(19)23(27)26-10-8-25(9-11-26)15-16-5-6-22-17(13-16)7-12-28-22/h1-6,13,19-20H,7-12,14-15H2. The van der Waals surface area contributed by atoms with Gasteiger partial charge in [0.05, 0.1) is 6.61 Å². The summed E-state index contributed by atoms with van der Waals surface area (Å²) in [6, 6.07) is 13.3. The van der Waals surface area contributed by atoms with Crippen LogP contribution in [0.4, 0.5) is 4.39 Å². The van der Waals surface area contributed by atoms with Gasteiger partial charge in [-0.05, 0) is 41.2 Å². The van der Waals surface area contributed by atoms with Gasteiger partial charge in [0.25, 0.3) is 0 Å². The van der Waals surface area contributed by atoms with E-state index in [2.05, 4.69) is 23.1 Å². The van der Waals surface area contributed by atoms with E-state index in [0.717, 1.165) is 57.9 Å². The zero-order valence-electron chi connectivity index (χ0n) is 15.9. The molecule has 0 spiro atoms.